The van der Waals surface area contributed by atoms with E-state index in [1.54, 1.807) is 0 Å². The lowest BCUT2D eigenvalue weighted by Gasteiger charge is -2.32. The van der Waals surface area contributed by atoms with Crippen LogP contribution in [0.5, 0.6) is 0 Å². The monoisotopic (exact) mass is 383 g/mol. The molecule has 0 aliphatic carbocycles. The molecule has 0 N–H and O–H groups in total. The van der Waals surface area contributed by atoms with Crippen LogP contribution >= 0.6 is 0 Å². The third-order valence-electron chi connectivity index (χ3n) is 6.52. The van der Waals surface area contributed by atoms with Crippen molar-refractivity contribution in [3.63, 3.8) is 0 Å². The van der Waals surface area contributed by atoms with Gasteiger partial charge in [-0.3, -0.25) is 0 Å². The highest BCUT2D eigenvalue weighted by atomic mass is 16.7. The summed E-state index contributed by atoms with van der Waals surface area (Å²) in [5.41, 5.74) is 4.11. The third-order valence-corrected chi connectivity index (χ3v) is 6.52. The number of hydrogen-bond acceptors (Lipinski definition) is 2. The molecule has 1 aliphatic heterocycles. The molecule has 4 aromatic rings. The summed E-state index contributed by atoms with van der Waals surface area (Å²) in [5, 5.41) is 2.46. The summed E-state index contributed by atoms with van der Waals surface area (Å²) in [6.07, 6.45) is 0. The van der Waals surface area contributed by atoms with Gasteiger partial charge in [0.25, 0.3) is 0 Å². The molecule has 1 aromatic heterocycles. The highest BCUT2D eigenvalue weighted by Gasteiger charge is 2.52. The van der Waals surface area contributed by atoms with Gasteiger partial charge in [-0.05, 0) is 50.9 Å². The van der Waals surface area contributed by atoms with Crippen molar-refractivity contribution in [2.75, 3.05) is 0 Å². The molecule has 0 radical (unpaired) electrons. The van der Waals surface area contributed by atoms with E-state index in [9.17, 15) is 0 Å². The Kier molecular flexibility index (Phi) is 4.13. The SMILES string of the molecule is CC1(C)OB(c2cccc3c2c2ccccc2n3Cc2ccccc2)OC1(C)C. The Morgan fingerprint density at radius 3 is 2.07 bits per heavy atom. The van der Waals surface area contributed by atoms with Crippen LogP contribution in [0.25, 0.3) is 21.8 Å². The summed E-state index contributed by atoms with van der Waals surface area (Å²) in [5.74, 6) is 0. The quantitative estimate of drug-likeness (QED) is 0.457. The molecule has 3 nitrogen and oxygen atoms in total. The van der Waals surface area contributed by atoms with Gasteiger partial charge in [-0.15, -0.1) is 0 Å². The van der Waals surface area contributed by atoms with Gasteiger partial charge in [0, 0.05) is 28.4 Å². The standard InChI is InChI=1S/C25H26BNO2/c1-24(2)25(3,4)29-26(28-24)20-14-10-16-22-23(20)19-13-8-9-15-21(19)27(22)17-18-11-6-5-7-12-18/h5-16H,17H2,1-4H3. The second kappa shape index (κ2) is 6.48. The minimum atomic E-state index is -0.375. The Labute approximate surface area is 172 Å². The van der Waals surface area contributed by atoms with Crippen molar-refractivity contribution < 1.29 is 9.31 Å². The van der Waals surface area contributed by atoms with Crippen molar-refractivity contribution in [1.29, 1.82) is 0 Å². The van der Waals surface area contributed by atoms with Gasteiger partial charge in [0.2, 0.25) is 0 Å². The van der Waals surface area contributed by atoms with Gasteiger partial charge in [0.05, 0.1) is 11.2 Å². The minimum Gasteiger partial charge on any atom is -0.399 e. The van der Waals surface area contributed by atoms with Crippen LogP contribution in [0.1, 0.15) is 33.3 Å². The number of para-hydroxylation sites is 1. The first-order chi connectivity index (χ1) is 13.9. The lowest BCUT2D eigenvalue weighted by molar-refractivity contribution is 0.00578. The molecule has 0 spiro atoms. The second-order valence-corrected chi connectivity index (χ2v) is 8.92. The zero-order chi connectivity index (χ0) is 20.2. The van der Waals surface area contributed by atoms with Crippen molar-refractivity contribution in [3.05, 3.63) is 78.4 Å². The molecule has 0 amide bonds. The van der Waals surface area contributed by atoms with Crippen molar-refractivity contribution >= 4 is 34.4 Å². The molecule has 4 heteroatoms. The van der Waals surface area contributed by atoms with Crippen LogP contribution < -0.4 is 5.46 Å². The predicted octanol–water partition coefficient (Wildman–Crippen LogP) is 5.14. The van der Waals surface area contributed by atoms with Crippen molar-refractivity contribution in [2.24, 2.45) is 0 Å². The van der Waals surface area contributed by atoms with Crippen molar-refractivity contribution in [1.82, 2.24) is 4.57 Å². The van der Waals surface area contributed by atoms with Crippen LogP contribution in [0, 0.1) is 0 Å². The molecule has 1 fully saturated rings. The van der Waals surface area contributed by atoms with Gasteiger partial charge in [0.15, 0.2) is 0 Å². The molecule has 0 atom stereocenters. The molecule has 0 unspecified atom stereocenters. The summed E-state index contributed by atoms with van der Waals surface area (Å²) in [6, 6.07) is 25.7. The molecule has 1 aliphatic rings. The summed E-state index contributed by atoms with van der Waals surface area (Å²) in [4.78, 5) is 0. The molecular weight excluding hydrogens is 357 g/mol. The predicted molar refractivity (Wildman–Crippen MR) is 121 cm³/mol. The Balaban J connectivity index is 1.72. The highest BCUT2D eigenvalue weighted by Crippen LogP contribution is 2.38. The van der Waals surface area contributed by atoms with Gasteiger partial charge >= 0.3 is 7.12 Å². The number of nitrogens with zero attached hydrogens (tertiary/aromatic N) is 1. The van der Waals surface area contributed by atoms with Crippen molar-refractivity contribution in [3.8, 4) is 0 Å². The van der Waals surface area contributed by atoms with E-state index in [1.807, 2.05) is 0 Å². The number of fused-ring (bicyclic) bond motifs is 3. The van der Waals surface area contributed by atoms with Gasteiger partial charge in [-0.25, -0.2) is 0 Å². The molecule has 0 bridgehead atoms. The maximum absolute atomic E-state index is 6.40. The fourth-order valence-electron chi connectivity index (χ4n) is 4.23. The number of benzene rings is 3. The summed E-state index contributed by atoms with van der Waals surface area (Å²) in [6.45, 7) is 9.24. The van der Waals surface area contributed by atoms with E-state index in [0.29, 0.717) is 0 Å². The number of aromatic nitrogens is 1. The lowest BCUT2D eigenvalue weighted by Crippen LogP contribution is -2.41. The van der Waals surface area contributed by atoms with Crippen LogP contribution in [0.2, 0.25) is 0 Å². The Morgan fingerprint density at radius 2 is 1.34 bits per heavy atom. The third kappa shape index (κ3) is 2.90. The fraction of sp³-hybridized carbons (Fsp3) is 0.280. The molecule has 0 saturated carbocycles. The summed E-state index contributed by atoms with van der Waals surface area (Å²) in [7, 11) is -0.375. The fourth-order valence-corrected chi connectivity index (χ4v) is 4.23. The van der Waals surface area contributed by atoms with Crippen molar-refractivity contribution in [2.45, 2.75) is 45.4 Å². The molecule has 29 heavy (non-hydrogen) atoms. The first-order valence-electron chi connectivity index (χ1n) is 10.3. The van der Waals surface area contributed by atoms with Gasteiger partial charge in [0.1, 0.15) is 0 Å². The molecule has 146 valence electrons. The van der Waals surface area contributed by atoms with E-state index >= 15 is 0 Å². The van der Waals surface area contributed by atoms with Crippen LogP contribution in [-0.4, -0.2) is 22.9 Å². The van der Waals surface area contributed by atoms with Crippen LogP contribution in [0.4, 0.5) is 0 Å². The average Bonchev–Trinajstić information content (AvgIpc) is 3.13. The number of rotatable bonds is 3. The molecule has 5 rings (SSSR count). The van der Waals surface area contributed by atoms with E-state index in [4.69, 9.17) is 9.31 Å². The number of hydrogen-bond donors (Lipinski definition) is 0. The van der Waals surface area contributed by atoms with E-state index in [1.165, 1.54) is 27.4 Å². The molecule has 1 saturated heterocycles. The van der Waals surface area contributed by atoms with Crippen LogP contribution in [0.3, 0.4) is 0 Å². The topological polar surface area (TPSA) is 23.4 Å². The molecule has 3 aromatic carbocycles. The van der Waals surface area contributed by atoms with E-state index in [-0.39, 0.29) is 18.3 Å². The zero-order valence-corrected chi connectivity index (χ0v) is 17.5. The minimum absolute atomic E-state index is 0.359. The smallest absolute Gasteiger partial charge is 0.399 e. The molecular formula is C25H26BNO2. The van der Waals surface area contributed by atoms with Gasteiger partial charge in [-0.1, -0.05) is 60.7 Å². The van der Waals surface area contributed by atoms with Gasteiger partial charge in [-0.2, -0.15) is 0 Å². The van der Waals surface area contributed by atoms with E-state index in [0.717, 1.165) is 12.0 Å². The largest absolute Gasteiger partial charge is 0.495 e. The maximum atomic E-state index is 6.40. The maximum Gasteiger partial charge on any atom is 0.495 e. The normalized spacial score (nSPS) is 18.0. The summed E-state index contributed by atoms with van der Waals surface area (Å²) < 4.78 is 15.2. The van der Waals surface area contributed by atoms with Crippen LogP contribution in [0.15, 0.2) is 72.8 Å². The Bertz CT molecular complexity index is 1180. The second-order valence-electron chi connectivity index (χ2n) is 8.92. The highest BCUT2D eigenvalue weighted by molar-refractivity contribution is 6.66. The van der Waals surface area contributed by atoms with E-state index < -0.39 is 0 Å². The Morgan fingerprint density at radius 1 is 0.724 bits per heavy atom. The van der Waals surface area contributed by atoms with E-state index in [2.05, 4.69) is 105 Å². The average molecular weight is 383 g/mol. The first-order valence-corrected chi connectivity index (χ1v) is 10.3. The zero-order valence-electron chi connectivity index (χ0n) is 17.5. The molecule has 2 heterocycles. The summed E-state index contributed by atoms with van der Waals surface area (Å²) >= 11 is 0. The van der Waals surface area contributed by atoms with Crippen LogP contribution in [-0.2, 0) is 15.9 Å². The first kappa shape index (κ1) is 18.5. The lowest BCUT2D eigenvalue weighted by atomic mass is 9.76. The van der Waals surface area contributed by atoms with Gasteiger partial charge < -0.3 is 13.9 Å². The Hall–Kier alpha value is -2.56.